The Bertz CT molecular complexity index is 442. The van der Waals surface area contributed by atoms with Gasteiger partial charge in [-0.2, -0.15) is 9.67 Å². The lowest BCUT2D eigenvalue weighted by molar-refractivity contribution is 0.871. The molecule has 2 aromatic rings. The van der Waals surface area contributed by atoms with Crippen LogP contribution in [0.3, 0.4) is 0 Å². The first-order valence-corrected chi connectivity index (χ1v) is 4.43. The summed E-state index contributed by atoms with van der Waals surface area (Å²) in [7, 11) is 0. The van der Waals surface area contributed by atoms with Gasteiger partial charge in [-0.25, -0.2) is 0 Å². The third-order valence-corrected chi connectivity index (χ3v) is 2.02. The predicted molar refractivity (Wildman–Crippen MR) is 55.2 cm³/mol. The van der Waals surface area contributed by atoms with Crippen molar-refractivity contribution in [2.45, 2.75) is 13.8 Å². The minimum Gasteiger partial charge on any atom is -0.368 e. The Morgan fingerprint density at radius 2 is 1.79 bits per heavy atom. The Labute approximate surface area is 82.4 Å². The summed E-state index contributed by atoms with van der Waals surface area (Å²) in [4.78, 5) is 4.04. The molecule has 1 aromatic heterocycles. The third kappa shape index (κ3) is 1.46. The second-order valence-corrected chi connectivity index (χ2v) is 3.26. The molecule has 0 aliphatic rings. The van der Waals surface area contributed by atoms with Crippen LogP contribution in [0.25, 0.3) is 5.69 Å². The molecule has 0 saturated heterocycles. The summed E-state index contributed by atoms with van der Waals surface area (Å²) in [6.07, 6.45) is 0. The summed E-state index contributed by atoms with van der Waals surface area (Å²) in [5.74, 6) is 1.11. The van der Waals surface area contributed by atoms with Crippen LogP contribution in [0.4, 0.5) is 5.95 Å². The van der Waals surface area contributed by atoms with Gasteiger partial charge in [0.2, 0.25) is 5.95 Å². The number of aromatic nitrogens is 3. The Morgan fingerprint density at radius 1 is 1.14 bits per heavy atom. The molecule has 2 N–H and O–H groups in total. The van der Waals surface area contributed by atoms with Crippen molar-refractivity contribution >= 4 is 5.95 Å². The minimum atomic E-state index is 0.423. The molecule has 4 heteroatoms. The molecule has 1 aromatic carbocycles. The van der Waals surface area contributed by atoms with Gasteiger partial charge in [-0.05, 0) is 26.0 Å². The van der Waals surface area contributed by atoms with Gasteiger partial charge < -0.3 is 5.73 Å². The first kappa shape index (κ1) is 8.74. The zero-order chi connectivity index (χ0) is 10.1. The number of aryl methyl sites for hydroxylation is 2. The summed E-state index contributed by atoms with van der Waals surface area (Å²) in [6.45, 7) is 3.86. The SMILES string of the molecule is Cc1ccc(-n2nc(C)nc2N)cc1. The summed E-state index contributed by atoms with van der Waals surface area (Å²) >= 11 is 0. The molecule has 0 spiro atoms. The molecule has 0 aliphatic heterocycles. The van der Waals surface area contributed by atoms with E-state index in [2.05, 4.69) is 10.1 Å². The Balaban J connectivity index is 2.49. The molecule has 0 bridgehead atoms. The van der Waals surface area contributed by atoms with Crippen molar-refractivity contribution < 1.29 is 0 Å². The molecular formula is C10H12N4. The summed E-state index contributed by atoms with van der Waals surface area (Å²) in [6, 6.07) is 7.98. The topological polar surface area (TPSA) is 56.7 Å². The first-order valence-electron chi connectivity index (χ1n) is 4.43. The van der Waals surface area contributed by atoms with E-state index in [0.29, 0.717) is 11.8 Å². The van der Waals surface area contributed by atoms with Gasteiger partial charge >= 0.3 is 0 Å². The lowest BCUT2D eigenvalue weighted by atomic mass is 10.2. The van der Waals surface area contributed by atoms with E-state index in [9.17, 15) is 0 Å². The van der Waals surface area contributed by atoms with Gasteiger partial charge in [-0.15, -0.1) is 5.10 Å². The molecule has 0 saturated carbocycles. The molecule has 0 radical (unpaired) electrons. The maximum Gasteiger partial charge on any atom is 0.223 e. The van der Waals surface area contributed by atoms with Crippen LogP contribution >= 0.6 is 0 Å². The number of nitrogen functional groups attached to an aromatic ring is 1. The zero-order valence-electron chi connectivity index (χ0n) is 8.23. The van der Waals surface area contributed by atoms with Gasteiger partial charge in [0.1, 0.15) is 5.82 Å². The highest BCUT2D eigenvalue weighted by Gasteiger charge is 2.04. The third-order valence-electron chi connectivity index (χ3n) is 2.02. The van der Waals surface area contributed by atoms with Crippen molar-refractivity contribution in [2.75, 3.05) is 5.73 Å². The van der Waals surface area contributed by atoms with E-state index in [-0.39, 0.29) is 0 Å². The minimum absolute atomic E-state index is 0.423. The molecule has 14 heavy (non-hydrogen) atoms. The molecule has 0 amide bonds. The fraction of sp³-hybridized carbons (Fsp3) is 0.200. The highest BCUT2D eigenvalue weighted by Crippen LogP contribution is 2.11. The Kier molecular flexibility index (Phi) is 1.96. The normalized spacial score (nSPS) is 10.4. The van der Waals surface area contributed by atoms with Crippen LogP contribution in [0.2, 0.25) is 0 Å². The van der Waals surface area contributed by atoms with Crippen molar-refractivity contribution in [1.82, 2.24) is 14.8 Å². The highest BCUT2D eigenvalue weighted by atomic mass is 15.4. The Hall–Kier alpha value is -1.84. The number of rotatable bonds is 1. The lowest BCUT2D eigenvalue weighted by Crippen LogP contribution is -2.02. The fourth-order valence-corrected chi connectivity index (χ4v) is 1.31. The van der Waals surface area contributed by atoms with E-state index < -0.39 is 0 Å². The van der Waals surface area contributed by atoms with E-state index >= 15 is 0 Å². The van der Waals surface area contributed by atoms with Crippen molar-refractivity contribution in [2.24, 2.45) is 0 Å². The molecule has 4 nitrogen and oxygen atoms in total. The lowest BCUT2D eigenvalue weighted by Gasteiger charge is -2.01. The zero-order valence-corrected chi connectivity index (χ0v) is 8.23. The van der Waals surface area contributed by atoms with Gasteiger partial charge in [0.15, 0.2) is 0 Å². The van der Waals surface area contributed by atoms with E-state index in [0.717, 1.165) is 5.69 Å². The average Bonchev–Trinajstić information content (AvgIpc) is 2.47. The van der Waals surface area contributed by atoms with Crippen LogP contribution < -0.4 is 5.73 Å². The van der Waals surface area contributed by atoms with E-state index in [1.54, 1.807) is 4.68 Å². The number of hydrogen-bond donors (Lipinski definition) is 1. The molecule has 0 aliphatic carbocycles. The van der Waals surface area contributed by atoms with Gasteiger partial charge in [0.05, 0.1) is 5.69 Å². The summed E-state index contributed by atoms with van der Waals surface area (Å²) in [5.41, 5.74) is 7.85. The van der Waals surface area contributed by atoms with Crippen LogP contribution in [0.15, 0.2) is 24.3 Å². The molecule has 1 heterocycles. The van der Waals surface area contributed by atoms with E-state index in [1.165, 1.54) is 5.56 Å². The summed E-state index contributed by atoms with van der Waals surface area (Å²) in [5, 5.41) is 4.19. The second-order valence-electron chi connectivity index (χ2n) is 3.26. The second kappa shape index (κ2) is 3.14. The van der Waals surface area contributed by atoms with Crippen molar-refractivity contribution in [3.63, 3.8) is 0 Å². The average molecular weight is 188 g/mol. The predicted octanol–water partition coefficient (Wildman–Crippen LogP) is 1.47. The molecule has 0 unspecified atom stereocenters. The first-order chi connectivity index (χ1) is 6.66. The molecule has 72 valence electrons. The molecule has 0 fully saturated rings. The van der Waals surface area contributed by atoms with Crippen molar-refractivity contribution in [3.05, 3.63) is 35.7 Å². The Morgan fingerprint density at radius 3 is 2.29 bits per heavy atom. The fourth-order valence-electron chi connectivity index (χ4n) is 1.31. The van der Waals surface area contributed by atoms with Gasteiger partial charge in [-0.1, -0.05) is 17.7 Å². The number of nitrogens with zero attached hydrogens (tertiary/aromatic N) is 3. The number of nitrogens with two attached hydrogens (primary N) is 1. The summed E-state index contributed by atoms with van der Waals surface area (Å²) < 4.78 is 1.63. The number of benzene rings is 1. The standard InChI is InChI=1S/C10H12N4/c1-7-3-5-9(6-4-7)14-10(11)12-8(2)13-14/h3-6H,1-2H3,(H2,11,12,13). The molecular weight excluding hydrogens is 176 g/mol. The van der Waals surface area contributed by atoms with Crippen molar-refractivity contribution in [1.29, 1.82) is 0 Å². The largest absolute Gasteiger partial charge is 0.368 e. The van der Waals surface area contributed by atoms with E-state index in [1.807, 2.05) is 38.1 Å². The van der Waals surface area contributed by atoms with Gasteiger partial charge in [0.25, 0.3) is 0 Å². The highest BCUT2D eigenvalue weighted by molar-refractivity contribution is 5.38. The van der Waals surface area contributed by atoms with Crippen LogP contribution in [-0.4, -0.2) is 14.8 Å². The molecule has 2 rings (SSSR count). The van der Waals surface area contributed by atoms with Gasteiger partial charge in [-0.3, -0.25) is 0 Å². The maximum absolute atomic E-state index is 5.70. The number of hydrogen-bond acceptors (Lipinski definition) is 3. The maximum atomic E-state index is 5.70. The van der Waals surface area contributed by atoms with Crippen molar-refractivity contribution in [3.8, 4) is 5.69 Å². The number of anilines is 1. The van der Waals surface area contributed by atoms with Crippen LogP contribution in [0.1, 0.15) is 11.4 Å². The van der Waals surface area contributed by atoms with Crippen LogP contribution in [0, 0.1) is 13.8 Å². The van der Waals surface area contributed by atoms with Crippen LogP contribution in [-0.2, 0) is 0 Å². The quantitative estimate of drug-likeness (QED) is 0.737. The van der Waals surface area contributed by atoms with E-state index in [4.69, 9.17) is 5.73 Å². The molecule has 0 atom stereocenters. The smallest absolute Gasteiger partial charge is 0.223 e. The monoisotopic (exact) mass is 188 g/mol. The van der Waals surface area contributed by atoms with Crippen LogP contribution in [0.5, 0.6) is 0 Å². The van der Waals surface area contributed by atoms with Gasteiger partial charge in [0, 0.05) is 0 Å².